The summed E-state index contributed by atoms with van der Waals surface area (Å²) in [4.78, 5) is 13.8. The van der Waals surface area contributed by atoms with Gasteiger partial charge in [-0.1, -0.05) is 6.92 Å². The average molecular weight is 307 g/mol. The number of amides is 1. The fraction of sp³-hybridized carbons (Fsp3) is 0.500. The highest BCUT2D eigenvalue weighted by atomic mass is 32.1. The van der Waals surface area contributed by atoms with E-state index in [9.17, 15) is 4.79 Å². The quantitative estimate of drug-likeness (QED) is 0.790. The van der Waals surface area contributed by atoms with E-state index in [1.165, 1.54) is 5.69 Å². The molecule has 0 atom stereocenters. The number of benzene rings is 1. The number of aryl methyl sites for hydroxylation is 1. The van der Waals surface area contributed by atoms with Crippen LogP contribution in [0.15, 0.2) is 18.2 Å². The monoisotopic (exact) mass is 307 g/mol. The Kier molecular flexibility index (Phi) is 7.15. The van der Waals surface area contributed by atoms with Crippen LogP contribution in [-0.2, 0) is 4.79 Å². The first-order valence-corrected chi connectivity index (χ1v) is 7.89. The van der Waals surface area contributed by atoms with Crippen LogP contribution >= 0.6 is 12.2 Å². The van der Waals surface area contributed by atoms with Gasteiger partial charge in [-0.25, -0.2) is 0 Å². The van der Waals surface area contributed by atoms with Gasteiger partial charge in [0.2, 0.25) is 5.91 Å². The molecule has 0 saturated carbocycles. The topological polar surface area (TPSA) is 44.4 Å². The summed E-state index contributed by atoms with van der Waals surface area (Å²) in [6.45, 7) is 10.2. The van der Waals surface area contributed by atoms with E-state index in [4.69, 9.17) is 12.2 Å². The van der Waals surface area contributed by atoms with Crippen LogP contribution in [0.5, 0.6) is 0 Å². The Morgan fingerprint density at radius 1 is 1.24 bits per heavy atom. The number of carbonyl (C=O) groups is 1. The van der Waals surface area contributed by atoms with Gasteiger partial charge in [-0.2, -0.15) is 0 Å². The molecule has 1 aromatic rings. The second-order valence-corrected chi connectivity index (χ2v) is 5.33. The smallest absolute Gasteiger partial charge is 0.226 e. The Morgan fingerprint density at radius 2 is 1.90 bits per heavy atom. The van der Waals surface area contributed by atoms with E-state index in [-0.39, 0.29) is 5.91 Å². The molecule has 0 aliphatic heterocycles. The molecule has 0 heterocycles. The molecule has 2 N–H and O–H groups in total. The molecular weight excluding hydrogens is 282 g/mol. The summed E-state index contributed by atoms with van der Waals surface area (Å²) in [7, 11) is 0. The number of hydrogen-bond acceptors (Lipinski definition) is 3. The van der Waals surface area contributed by atoms with Crippen molar-refractivity contribution in [2.45, 2.75) is 40.5 Å². The Bertz CT molecular complexity index is 498. The molecule has 0 fully saturated rings. The highest BCUT2D eigenvalue weighted by Crippen LogP contribution is 2.22. The van der Waals surface area contributed by atoms with Crippen LogP contribution in [0.1, 0.15) is 39.2 Å². The van der Waals surface area contributed by atoms with E-state index >= 15 is 0 Å². The van der Waals surface area contributed by atoms with E-state index < -0.39 is 0 Å². The summed E-state index contributed by atoms with van der Waals surface area (Å²) in [6.07, 6.45) is 1.30. The minimum atomic E-state index is -0.0487. The van der Waals surface area contributed by atoms with Crippen LogP contribution in [0.3, 0.4) is 0 Å². The van der Waals surface area contributed by atoms with Crippen molar-refractivity contribution in [3.05, 3.63) is 23.8 Å². The van der Waals surface area contributed by atoms with Gasteiger partial charge in [-0.3, -0.25) is 4.79 Å². The van der Waals surface area contributed by atoms with Crippen LogP contribution in [0.25, 0.3) is 0 Å². The van der Waals surface area contributed by atoms with Crippen molar-refractivity contribution < 1.29 is 4.79 Å². The molecule has 0 bridgehead atoms. The molecule has 0 spiro atoms. The maximum Gasteiger partial charge on any atom is 0.226 e. The second-order valence-electron chi connectivity index (χ2n) is 4.92. The number of hydrogen-bond donors (Lipinski definition) is 2. The predicted molar refractivity (Wildman–Crippen MR) is 94.0 cm³/mol. The lowest BCUT2D eigenvalue weighted by Gasteiger charge is -2.22. The summed E-state index contributed by atoms with van der Waals surface area (Å²) in [5.41, 5.74) is 3.23. The fourth-order valence-corrected chi connectivity index (χ4v) is 2.37. The molecular formula is C16H25N3OS. The highest BCUT2D eigenvalue weighted by Gasteiger charge is 2.07. The molecule has 21 heavy (non-hydrogen) atoms. The van der Waals surface area contributed by atoms with Crippen LogP contribution in [-0.4, -0.2) is 24.1 Å². The van der Waals surface area contributed by atoms with Gasteiger partial charge in [0, 0.05) is 30.9 Å². The third-order valence-corrected chi connectivity index (χ3v) is 3.52. The van der Waals surface area contributed by atoms with Crippen molar-refractivity contribution >= 4 is 34.6 Å². The van der Waals surface area contributed by atoms with Crippen molar-refractivity contribution in [3.8, 4) is 0 Å². The molecule has 1 aromatic carbocycles. The van der Waals surface area contributed by atoms with E-state index in [1.807, 2.05) is 19.9 Å². The predicted octanol–water partition coefficient (Wildman–Crippen LogP) is 3.45. The number of anilines is 2. The Morgan fingerprint density at radius 3 is 2.43 bits per heavy atom. The number of nitrogens with one attached hydrogen (secondary N) is 2. The van der Waals surface area contributed by atoms with E-state index in [0.29, 0.717) is 11.5 Å². The van der Waals surface area contributed by atoms with Gasteiger partial charge < -0.3 is 15.5 Å². The summed E-state index contributed by atoms with van der Waals surface area (Å²) in [5.74, 6) is -0.0487. The normalized spacial score (nSPS) is 10.1. The summed E-state index contributed by atoms with van der Waals surface area (Å²) < 4.78 is 0. The summed E-state index contributed by atoms with van der Waals surface area (Å²) in [5, 5.41) is 6.12. The highest BCUT2D eigenvalue weighted by molar-refractivity contribution is 7.80. The number of nitrogens with zero attached hydrogens (tertiary/aromatic N) is 1. The second kappa shape index (κ2) is 8.62. The minimum absolute atomic E-state index is 0.0487. The molecule has 5 heteroatoms. The molecule has 1 amide bonds. The van der Waals surface area contributed by atoms with Crippen molar-refractivity contribution in [1.82, 2.24) is 5.32 Å². The largest absolute Gasteiger partial charge is 0.372 e. The Hall–Kier alpha value is -1.62. The van der Waals surface area contributed by atoms with E-state index in [2.05, 4.69) is 41.5 Å². The zero-order valence-corrected chi connectivity index (χ0v) is 14.1. The van der Waals surface area contributed by atoms with Gasteiger partial charge >= 0.3 is 0 Å². The van der Waals surface area contributed by atoms with Gasteiger partial charge in [0.05, 0.1) is 0 Å². The number of thiocarbonyl (C=S) groups is 1. The van der Waals surface area contributed by atoms with Gasteiger partial charge in [-0.05, 0) is 63.2 Å². The average Bonchev–Trinajstić information content (AvgIpc) is 2.43. The molecule has 0 aromatic heterocycles. The summed E-state index contributed by atoms with van der Waals surface area (Å²) >= 11 is 5.16. The molecule has 1 rings (SSSR count). The van der Waals surface area contributed by atoms with Crippen LogP contribution < -0.4 is 15.5 Å². The standard InChI is InChI=1S/C16H25N3OS/c1-5-8-15(20)18-16(21)17-14-10-9-13(11-12(14)4)19(6-2)7-3/h9-11H,5-8H2,1-4H3,(H2,17,18,20,21). The SMILES string of the molecule is CCCC(=O)NC(=S)Nc1ccc(N(CC)CC)cc1C. The van der Waals surface area contributed by atoms with Crippen LogP contribution in [0.4, 0.5) is 11.4 Å². The van der Waals surface area contributed by atoms with Gasteiger partial charge in [0.1, 0.15) is 0 Å². The molecule has 0 aliphatic carbocycles. The first-order chi connectivity index (χ1) is 10.0. The third kappa shape index (κ3) is 5.34. The molecule has 0 saturated heterocycles. The van der Waals surface area contributed by atoms with Crippen LogP contribution in [0, 0.1) is 6.92 Å². The molecule has 0 radical (unpaired) electrons. The van der Waals surface area contributed by atoms with Crippen molar-refractivity contribution in [2.24, 2.45) is 0 Å². The number of carbonyl (C=O) groups excluding carboxylic acids is 1. The zero-order chi connectivity index (χ0) is 15.8. The van der Waals surface area contributed by atoms with E-state index in [1.54, 1.807) is 0 Å². The number of rotatable bonds is 6. The maximum atomic E-state index is 11.5. The zero-order valence-electron chi connectivity index (χ0n) is 13.3. The Balaban J connectivity index is 2.72. The Labute approximate surface area is 132 Å². The molecule has 0 unspecified atom stereocenters. The van der Waals surface area contributed by atoms with Gasteiger partial charge in [-0.15, -0.1) is 0 Å². The van der Waals surface area contributed by atoms with E-state index in [0.717, 1.165) is 30.8 Å². The van der Waals surface area contributed by atoms with Crippen molar-refractivity contribution in [1.29, 1.82) is 0 Å². The first-order valence-electron chi connectivity index (χ1n) is 7.48. The van der Waals surface area contributed by atoms with Gasteiger partial charge in [0.25, 0.3) is 0 Å². The molecule has 0 aliphatic rings. The first kappa shape index (κ1) is 17.4. The van der Waals surface area contributed by atoms with Gasteiger partial charge in [0.15, 0.2) is 5.11 Å². The lowest BCUT2D eigenvalue weighted by atomic mass is 10.1. The minimum Gasteiger partial charge on any atom is -0.372 e. The molecule has 4 nitrogen and oxygen atoms in total. The van der Waals surface area contributed by atoms with Crippen molar-refractivity contribution in [3.63, 3.8) is 0 Å². The van der Waals surface area contributed by atoms with Crippen molar-refractivity contribution in [2.75, 3.05) is 23.3 Å². The molecule has 116 valence electrons. The van der Waals surface area contributed by atoms with Crippen LogP contribution in [0.2, 0.25) is 0 Å². The summed E-state index contributed by atoms with van der Waals surface area (Å²) in [6, 6.07) is 6.20. The lowest BCUT2D eigenvalue weighted by Crippen LogP contribution is -2.34. The fourth-order valence-electron chi connectivity index (χ4n) is 2.14. The maximum absolute atomic E-state index is 11.5. The third-order valence-electron chi connectivity index (χ3n) is 3.32. The lowest BCUT2D eigenvalue weighted by molar-refractivity contribution is -0.119.